The first-order valence-electron chi connectivity index (χ1n) is 9.09. The van der Waals surface area contributed by atoms with Crippen LogP contribution >= 0.6 is 21.6 Å². The van der Waals surface area contributed by atoms with E-state index < -0.39 is 17.1 Å². The van der Waals surface area contributed by atoms with E-state index in [1.165, 1.54) is 0 Å². The van der Waals surface area contributed by atoms with Crippen molar-refractivity contribution in [2.45, 2.75) is 65.7 Å². The number of hydrogen-bond acceptors (Lipinski definition) is 6. The van der Waals surface area contributed by atoms with Crippen LogP contribution in [0.4, 0.5) is 0 Å². The molecule has 0 bridgehead atoms. The quantitative estimate of drug-likeness (QED) is 0.202. The Morgan fingerprint density at radius 1 is 0.625 bits per heavy atom. The van der Waals surface area contributed by atoms with Gasteiger partial charge in [-0.2, -0.15) is 0 Å². The molecule has 0 amide bonds. The maximum Gasteiger partial charge on any atom is 0.338 e. The summed E-state index contributed by atoms with van der Waals surface area (Å²) in [7, 11) is -0.288. The molecule has 0 spiro atoms. The Kier molecular flexibility index (Phi) is 13.7. The highest BCUT2D eigenvalue weighted by atomic mass is 33.1. The molecule has 0 aromatic carbocycles. The van der Waals surface area contributed by atoms with Gasteiger partial charge in [-0.1, -0.05) is 35.4 Å². The van der Waals surface area contributed by atoms with Crippen LogP contribution in [0.5, 0.6) is 0 Å². The Labute approximate surface area is 160 Å². The molecule has 0 aliphatic heterocycles. The van der Waals surface area contributed by atoms with E-state index in [4.69, 9.17) is 17.7 Å². The van der Waals surface area contributed by atoms with E-state index in [-0.39, 0.29) is 0 Å². The molecule has 8 heteroatoms. The molecule has 0 N–H and O–H groups in total. The standard InChI is InChI=1S/C16H38O4S2Si2/c1-9-17-23(7,18-10-2)15(5)13-21-22-14-16(6)24(8,19-11-3)20-12-4/h15-16H,9-14H2,1-8H3. The normalized spacial score (nSPS) is 15.5. The maximum absolute atomic E-state index is 5.99. The van der Waals surface area contributed by atoms with E-state index in [0.29, 0.717) is 11.1 Å². The van der Waals surface area contributed by atoms with Gasteiger partial charge in [0, 0.05) is 49.0 Å². The zero-order chi connectivity index (χ0) is 18.6. The second-order valence-corrected chi connectivity index (χ2v) is 15.9. The summed E-state index contributed by atoms with van der Waals surface area (Å²) in [4.78, 5) is 0. The molecular weight excluding hydrogens is 376 g/mol. The topological polar surface area (TPSA) is 36.9 Å². The van der Waals surface area contributed by atoms with E-state index >= 15 is 0 Å². The van der Waals surface area contributed by atoms with Crippen molar-refractivity contribution in [1.82, 2.24) is 0 Å². The number of hydrogen-bond donors (Lipinski definition) is 0. The molecule has 0 radical (unpaired) electrons. The van der Waals surface area contributed by atoms with Crippen molar-refractivity contribution in [3.05, 3.63) is 0 Å². The van der Waals surface area contributed by atoms with Gasteiger partial charge in [-0.25, -0.2) is 0 Å². The summed E-state index contributed by atoms with van der Waals surface area (Å²) < 4.78 is 24.0. The average molecular weight is 415 g/mol. The second kappa shape index (κ2) is 13.2. The van der Waals surface area contributed by atoms with Crippen molar-refractivity contribution in [2.24, 2.45) is 0 Å². The Hall–Kier alpha value is 0.974. The molecule has 0 saturated heterocycles. The zero-order valence-electron chi connectivity index (χ0n) is 16.8. The second-order valence-electron chi connectivity index (χ2n) is 6.14. The zero-order valence-corrected chi connectivity index (χ0v) is 20.5. The first-order chi connectivity index (χ1) is 11.3. The molecule has 2 unspecified atom stereocenters. The van der Waals surface area contributed by atoms with Gasteiger partial charge in [0.05, 0.1) is 0 Å². The van der Waals surface area contributed by atoms with Crippen LogP contribution in [0, 0.1) is 0 Å². The average Bonchev–Trinajstić information content (AvgIpc) is 2.52. The van der Waals surface area contributed by atoms with Crippen LogP contribution in [0.1, 0.15) is 41.5 Å². The van der Waals surface area contributed by atoms with Crippen molar-refractivity contribution < 1.29 is 17.7 Å². The maximum atomic E-state index is 5.99. The highest BCUT2D eigenvalue weighted by Crippen LogP contribution is 2.37. The van der Waals surface area contributed by atoms with Gasteiger partial charge in [0.25, 0.3) is 0 Å². The monoisotopic (exact) mass is 414 g/mol. The van der Waals surface area contributed by atoms with Crippen molar-refractivity contribution in [2.75, 3.05) is 37.9 Å². The third kappa shape index (κ3) is 8.57. The van der Waals surface area contributed by atoms with Crippen molar-refractivity contribution >= 4 is 38.7 Å². The molecule has 4 nitrogen and oxygen atoms in total. The van der Waals surface area contributed by atoms with Crippen LogP contribution in [-0.2, 0) is 17.7 Å². The summed E-state index contributed by atoms with van der Waals surface area (Å²) in [6, 6.07) is 0. The van der Waals surface area contributed by atoms with Gasteiger partial charge in [0.1, 0.15) is 0 Å². The van der Waals surface area contributed by atoms with Crippen LogP contribution in [0.25, 0.3) is 0 Å². The van der Waals surface area contributed by atoms with Gasteiger partial charge >= 0.3 is 17.1 Å². The molecule has 0 aliphatic carbocycles. The fourth-order valence-corrected chi connectivity index (χ4v) is 12.0. The van der Waals surface area contributed by atoms with E-state index in [1.807, 2.05) is 49.3 Å². The van der Waals surface area contributed by atoms with Crippen molar-refractivity contribution in [1.29, 1.82) is 0 Å². The van der Waals surface area contributed by atoms with Gasteiger partial charge in [-0.05, 0) is 40.8 Å². The van der Waals surface area contributed by atoms with Gasteiger partial charge in [0.15, 0.2) is 0 Å². The minimum Gasteiger partial charge on any atom is -0.394 e. The van der Waals surface area contributed by atoms with Gasteiger partial charge in [-0.3, -0.25) is 0 Å². The molecule has 0 saturated carbocycles. The van der Waals surface area contributed by atoms with Crippen LogP contribution in [-0.4, -0.2) is 55.1 Å². The van der Waals surface area contributed by atoms with E-state index in [1.54, 1.807) is 0 Å². The summed E-state index contributed by atoms with van der Waals surface area (Å²) >= 11 is 0. The van der Waals surface area contributed by atoms with Crippen molar-refractivity contribution in [3.63, 3.8) is 0 Å². The minimum absolute atomic E-state index is 0.465. The molecule has 0 aliphatic rings. The molecule has 24 heavy (non-hydrogen) atoms. The summed E-state index contributed by atoms with van der Waals surface area (Å²) in [5.74, 6) is 2.11. The molecule has 2 atom stereocenters. The highest BCUT2D eigenvalue weighted by Gasteiger charge is 2.39. The first-order valence-corrected chi connectivity index (χ1v) is 16.4. The predicted molar refractivity (Wildman–Crippen MR) is 114 cm³/mol. The lowest BCUT2D eigenvalue weighted by atomic mass is 10.6. The molecule has 146 valence electrons. The smallest absolute Gasteiger partial charge is 0.338 e. The Morgan fingerprint density at radius 2 is 0.875 bits per heavy atom. The van der Waals surface area contributed by atoms with Gasteiger partial charge < -0.3 is 17.7 Å². The predicted octanol–water partition coefficient (Wildman–Crippen LogP) is 5.44. The lowest BCUT2D eigenvalue weighted by Crippen LogP contribution is -2.44. The number of rotatable bonds is 15. The van der Waals surface area contributed by atoms with Gasteiger partial charge in [0.2, 0.25) is 0 Å². The van der Waals surface area contributed by atoms with Gasteiger partial charge in [-0.15, -0.1) is 0 Å². The highest BCUT2D eigenvalue weighted by molar-refractivity contribution is 8.76. The fourth-order valence-electron chi connectivity index (χ4n) is 2.40. The Balaban J connectivity index is 4.35. The summed E-state index contributed by atoms with van der Waals surface area (Å²) in [6.07, 6.45) is 0. The molecule has 0 aromatic rings. The molecule has 0 aromatic heterocycles. The third-order valence-electron chi connectivity index (χ3n) is 4.23. The Morgan fingerprint density at radius 3 is 1.08 bits per heavy atom. The molecule has 0 rings (SSSR count). The lowest BCUT2D eigenvalue weighted by molar-refractivity contribution is 0.181. The van der Waals surface area contributed by atoms with Crippen LogP contribution in [0.2, 0.25) is 24.2 Å². The fraction of sp³-hybridized carbons (Fsp3) is 1.00. The van der Waals surface area contributed by atoms with E-state index in [2.05, 4.69) is 26.9 Å². The van der Waals surface area contributed by atoms with E-state index in [0.717, 1.165) is 37.9 Å². The largest absolute Gasteiger partial charge is 0.394 e. The molecule has 0 fully saturated rings. The summed E-state index contributed by atoms with van der Waals surface area (Å²) in [5, 5.41) is 0. The summed E-state index contributed by atoms with van der Waals surface area (Å²) in [6.45, 7) is 20.0. The minimum atomic E-state index is -2.07. The van der Waals surface area contributed by atoms with Crippen LogP contribution in [0.15, 0.2) is 0 Å². The molecular formula is C16H38O4S2Si2. The molecule has 0 heterocycles. The van der Waals surface area contributed by atoms with E-state index in [9.17, 15) is 0 Å². The lowest BCUT2D eigenvalue weighted by Gasteiger charge is -2.32. The van der Waals surface area contributed by atoms with Crippen LogP contribution in [0.3, 0.4) is 0 Å². The SMILES string of the molecule is CCO[Si](C)(OCC)C(C)CSSCC(C)[Si](C)(OCC)OCC. The van der Waals surface area contributed by atoms with Crippen molar-refractivity contribution in [3.8, 4) is 0 Å². The van der Waals surface area contributed by atoms with Crippen LogP contribution < -0.4 is 0 Å². The first kappa shape index (κ1) is 25.0. The summed E-state index contributed by atoms with van der Waals surface area (Å²) in [5.41, 5.74) is 0.931. The third-order valence-corrected chi connectivity index (χ3v) is 15.0. The Bertz CT molecular complexity index is 282.